The Balaban J connectivity index is 2.05. The lowest BCUT2D eigenvalue weighted by atomic mass is 10.2. The van der Waals surface area contributed by atoms with E-state index in [0.717, 1.165) is 4.52 Å². The summed E-state index contributed by atoms with van der Waals surface area (Å²) in [5, 5.41) is 6.06. The predicted octanol–water partition coefficient (Wildman–Crippen LogP) is 1.98. The van der Waals surface area contributed by atoms with Crippen molar-refractivity contribution in [3.05, 3.63) is 47.9 Å². The molecule has 3 N–H and O–H groups in total. The summed E-state index contributed by atoms with van der Waals surface area (Å²) in [4.78, 5) is 19.5. The van der Waals surface area contributed by atoms with Gasteiger partial charge in [0.15, 0.2) is 5.65 Å². The van der Waals surface area contributed by atoms with Gasteiger partial charge in [-0.15, -0.1) is 0 Å². The molecule has 0 fully saturated rings. The van der Waals surface area contributed by atoms with Crippen molar-refractivity contribution in [3.8, 4) is 0 Å². The third kappa shape index (κ3) is 2.78. The van der Waals surface area contributed by atoms with Crippen molar-refractivity contribution in [1.29, 1.82) is 0 Å². The van der Waals surface area contributed by atoms with Crippen LogP contribution in [-0.2, 0) is 6.18 Å². The van der Waals surface area contributed by atoms with Gasteiger partial charge in [-0.25, -0.2) is 4.98 Å². The van der Waals surface area contributed by atoms with Crippen LogP contribution in [-0.4, -0.2) is 25.5 Å². The monoisotopic (exact) mass is 322 g/mol. The van der Waals surface area contributed by atoms with Crippen LogP contribution in [0.1, 0.15) is 15.9 Å². The average molecular weight is 322 g/mol. The number of amides is 1. The summed E-state index contributed by atoms with van der Waals surface area (Å²) >= 11 is 0. The van der Waals surface area contributed by atoms with Crippen molar-refractivity contribution in [2.75, 3.05) is 11.1 Å². The molecule has 23 heavy (non-hydrogen) atoms. The van der Waals surface area contributed by atoms with E-state index >= 15 is 0 Å². The van der Waals surface area contributed by atoms with Crippen LogP contribution in [0.25, 0.3) is 5.65 Å². The van der Waals surface area contributed by atoms with E-state index < -0.39 is 23.3 Å². The Labute approximate surface area is 127 Å². The van der Waals surface area contributed by atoms with E-state index in [1.165, 1.54) is 24.5 Å². The third-order valence-corrected chi connectivity index (χ3v) is 2.96. The van der Waals surface area contributed by atoms with Gasteiger partial charge in [-0.05, 0) is 12.1 Å². The quantitative estimate of drug-likeness (QED) is 0.752. The minimum absolute atomic E-state index is 0.0307. The van der Waals surface area contributed by atoms with Gasteiger partial charge < -0.3 is 11.1 Å². The zero-order valence-electron chi connectivity index (χ0n) is 11.4. The van der Waals surface area contributed by atoms with Gasteiger partial charge in [0.1, 0.15) is 17.2 Å². The first-order valence-electron chi connectivity index (χ1n) is 6.29. The van der Waals surface area contributed by atoms with Crippen LogP contribution in [0.2, 0.25) is 0 Å². The molecule has 0 radical (unpaired) electrons. The van der Waals surface area contributed by atoms with E-state index in [0.29, 0.717) is 6.20 Å². The second-order valence-corrected chi connectivity index (χ2v) is 4.55. The average Bonchev–Trinajstić information content (AvgIpc) is 2.92. The van der Waals surface area contributed by atoms with Crippen molar-refractivity contribution < 1.29 is 18.0 Å². The molecule has 0 bridgehead atoms. The summed E-state index contributed by atoms with van der Waals surface area (Å²) in [5.41, 5.74) is 4.24. The van der Waals surface area contributed by atoms with Gasteiger partial charge in [0.2, 0.25) is 0 Å². The topological polar surface area (TPSA) is 98.2 Å². The Hall–Kier alpha value is -3.17. The number of anilines is 2. The highest BCUT2D eigenvalue weighted by Gasteiger charge is 2.35. The van der Waals surface area contributed by atoms with E-state index in [1.807, 2.05) is 0 Å². The maximum Gasteiger partial charge on any atom is 0.421 e. The number of halogens is 3. The molecule has 0 aliphatic heterocycles. The minimum Gasteiger partial charge on any atom is -0.384 e. The highest BCUT2D eigenvalue weighted by atomic mass is 19.4. The SMILES string of the molecule is Nc1cc(NC(=O)c2cccnc2)n2ncc(C(F)(F)F)c2n1. The molecule has 0 aliphatic carbocycles. The van der Waals surface area contributed by atoms with E-state index in [2.05, 4.69) is 20.4 Å². The molecule has 0 spiro atoms. The van der Waals surface area contributed by atoms with Gasteiger partial charge >= 0.3 is 6.18 Å². The molecule has 3 heterocycles. The number of rotatable bonds is 2. The molecule has 0 aromatic carbocycles. The second kappa shape index (κ2) is 5.23. The summed E-state index contributed by atoms with van der Waals surface area (Å²) in [7, 11) is 0. The number of aromatic nitrogens is 4. The highest BCUT2D eigenvalue weighted by molar-refractivity contribution is 6.03. The van der Waals surface area contributed by atoms with Crippen molar-refractivity contribution in [2.45, 2.75) is 6.18 Å². The molecule has 3 aromatic rings. The second-order valence-electron chi connectivity index (χ2n) is 4.55. The van der Waals surface area contributed by atoms with Crippen LogP contribution in [0.15, 0.2) is 36.8 Å². The number of nitrogen functional groups attached to an aromatic ring is 1. The van der Waals surface area contributed by atoms with Crippen LogP contribution in [0.3, 0.4) is 0 Å². The minimum atomic E-state index is -4.63. The van der Waals surface area contributed by atoms with Crippen LogP contribution < -0.4 is 11.1 Å². The van der Waals surface area contributed by atoms with Crippen molar-refractivity contribution in [3.63, 3.8) is 0 Å². The Morgan fingerprint density at radius 1 is 1.30 bits per heavy atom. The number of carbonyl (C=O) groups excluding carboxylic acids is 1. The maximum atomic E-state index is 12.9. The molecule has 0 atom stereocenters. The Kier molecular flexibility index (Phi) is 3.36. The summed E-state index contributed by atoms with van der Waals surface area (Å²) in [6, 6.07) is 4.28. The number of hydrogen-bond donors (Lipinski definition) is 2. The number of nitrogens with two attached hydrogens (primary N) is 1. The van der Waals surface area contributed by atoms with Gasteiger partial charge in [0.25, 0.3) is 5.91 Å². The normalized spacial score (nSPS) is 11.6. The molecule has 3 aromatic heterocycles. The summed E-state index contributed by atoms with van der Waals surface area (Å²) < 4.78 is 39.6. The van der Waals surface area contributed by atoms with Gasteiger partial charge in [-0.2, -0.15) is 22.8 Å². The lowest BCUT2D eigenvalue weighted by Crippen LogP contribution is -2.16. The molecule has 3 rings (SSSR count). The first kappa shape index (κ1) is 14.8. The van der Waals surface area contributed by atoms with Crippen LogP contribution >= 0.6 is 0 Å². The molecule has 7 nitrogen and oxygen atoms in total. The van der Waals surface area contributed by atoms with Crippen molar-refractivity contribution in [1.82, 2.24) is 19.6 Å². The van der Waals surface area contributed by atoms with Gasteiger partial charge in [-0.1, -0.05) is 0 Å². The fourth-order valence-corrected chi connectivity index (χ4v) is 1.96. The highest BCUT2D eigenvalue weighted by Crippen LogP contribution is 2.32. The number of nitrogens with zero attached hydrogens (tertiary/aromatic N) is 4. The number of pyridine rings is 1. The fourth-order valence-electron chi connectivity index (χ4n) is 1.96. The van der Waals surface area contributed by atoms with Gasteiger partial charge in [0, 0.05) is 18.5 Å². The molecular weight excluding hydrogens is 313 g/mol. The number of carbonyl (C=O) groups is 1. The Morgan fingerprint density at radius 2 is 2.09 bits per heavy atom. The first-order valence-corrected chi connectivity index (χ1v) is 6.29. The molecule has 0 saturated heterocycles. The number of fused-ring (bicyclic) bond motifs is 1. The smallest absolute Gasteiger partial charge is 0.384 e. The van der Waals surface area contributed by atoms with Gasteiger partial charge in [0.05, 0.1) is 11.8 Å². The largest absolute Gasteiger partial charge is 0.421 e. The first-order chi connectivity index (χ1) is 10.9. The molecule has 0 aliphatic rings. The van der Waals surface area contributed by atoms with E-state index in [9.17, 15) is 18.0 Å². The van der Waals surface area contributed by atoms with Crippen LogP contribution in [0.4, 0.5) is 24.8 Å². The molecule has 118 valence electrons. The number of nitrogens with one attached hydrogen (secondary N) is 1. The van der Waals surface area contributed by atoms with E-state index in [4.69, 9.17) is 5.73 Å². The van der Waals surface area contributed by atoms with E-state index in [1.54, 1.807) is 6.07 Å². The molecule has 10 heteroatoms. The van der Waals surface area contributed by atoms with Crippen LogP contribution in [0, 0.1) is 0 Å². The fraction of sp³-hybridized carbons (Fsp3) is 0.0769. The molecular formula is C13H9F3N6O. The predicted molar refractivity (Wildman–Crippen MR) is 74.6 cm³/mol. The van der Waals surface area contributed by atoms with Crippen molar-refractivity contribution >= 4 is 23.2 Å². The zero-order chi connectivity index (χ0) is 16.6. The van der Waals surface area contributed by atoms with Gasteiger partial charge in [-0.3, -0.25) is 9.78 Å². The molecule has 0 saturated carbocycles. The Bertz CT molecular complexity index is 875. The van der Waals surface area contributed by atoms with Crippen molar-refractivity contribution in [2.24, 2.45) is 0 Å². The third-order valence-electron chi connectivity index (χ3n) is 2.96. The van der Waals surface area contributed by atoms with Crippen LogP contribution in [0.5, 0.6) is 0 Å². The lowest BCUT2D eigenvalue weighted by molar-refractivity contribution is -0.136. The summed E-state index contributed by atoms with van der Waals surface area (Å²) in [5.74, 6) is -0.768. The maximum absolute atomic E-state index is 12.9. The van der Waals surface area contributed by atoms with E-state index in [-0.39, 0.29) is 17.2 Å². The molecule has 1 amide bonds. The number of alkyl halides is 3. The summed E-state index contributed by atoms with van der Waals surface area (Å²) in [6.07, 6.45) is -1.20. The zero-order valence-corrected chi connectivity index (χ0v) is 11.4. The Morgan fingerprint density at radius 3 is 2.74 bits per heavy atom. The number of hydrogen-bond acceptors (Lipinski definition) is 5. The summed E-state index contributed by atoms with van der Waals surface area (Å²) in [6.45, 7) is 0. The lowest BCUT2D eigenvalue weighted by Gasteiger charge is -2.09. The standard InChI is InChI=1S/C13H9F3N6O/c14-13(15,16)8-6-19-22-10(4-9(17)20-11(8)22)21-12(23)7-2-1-3-18-5-7/h1-6H,(H2,17,20)(H,21,23). The molecule has 0 unspecified atom stereocenters.